The van der Waals surface area contributed by atoms with Gasteiger partial charge in [-0.2, -0.15) is 0 Å². The molecule has 0 aromatic heterocycles. The third kappa shape index (κ3) is 6.66. The van der Waals surface area contributed by atoms with Crippen LogP contribution in [0.5, 0.6) is 11.5 Å². The summed E-state index contributed by atoms with van der Waals surface area (Å²) in [5.41, 5.74) is 2.75. The van der Waals surface area contributed by atoms with Crippen LogP contribution in [0.3, 0.4) is 0 Å². The minimum atomic E-state index is -0.639. The zero-order chi connectivity index (χ0) is 23.2. The van der Waals surface area contributed by atoms with Crippen LogP contribution < -0.4 is 9.47 Å². The van der Waals surface area contributed by atoms with Crippen molar-refractivity contribution < 1.29 is 28.5 Å². The SMILES string of the molecule is CC(C)COCC(O)CN(Cc1ccc(F)cc1)CC1CC(c2ccc3c(c2)OCO3)=NO1. The molecule has 33 heavy (non-hydrogen) atoms. The highest BCUT2D eigenvalue weighted by Crippen LogP contribution is 2.33. The Hall–Kier alpha value is -2.68. The van der Waals surface area contributed by atoms with Gasteiger partial charge in [-0.05, 0) is 41.8 Å². The molecule has 2 heterocycles. The van der Waals surface area contributed by atoms with Crippen molar-refractivity contribution in [1.29, 1.82) is 0 Å². The second kappa shape index (κ2) is 11.0. The van der Waals surface area contributed by atoms with Gasteiger partial charge in [-0.1, -0.05) is 31.1 Å². The first-order valence-corrected chi connectivity index (χ1v) is 11.3. The number of fused-ring (bicyclic) bond motifs is 1. The fourth-order valence-electron chi connectivity index (χ4n) is 3.90. The van der Waals surface area contributed by atoms with Gasteiger partial charge >= 0.3 is 0 Å². The lowest BCUT2D eigenvalue weighted by molar-refractivity contribution is -0.00734. The lowest BCUT2D eigenvalue weighted by Gasteiger charge is -2.27. The Morgan fingerprint density at radius 2 is 1.91 bits per heavy atom. The Balaban J connectivity index is 1.36. The number of aliphatic hydroxyl groups is 1. The lowest BCUT2D eigenvalue weighted by atomic mass is 10.0. The van der Waals surface area contributed by atoms with E-state index in [1.54, 1.807) is 12.1 Å². The fraction of sp³-hybridized carbons (Fsp3) is 0.480. The van der Waals surface area contributed by atoms with Gasteiger partial charge in [0.25, 0.3) is 0 Å². The van der Waals surface area contributed by atoms with E-state index in [9.17, 15) is 9.50 Å². The van der Waals surface area contributed by atoms with Crippen molar-refractivity contribution in [3.8, 4) is 11.5 Å². The number of hydrogen-bond donors (Lipinski definition) is 1. The molecule has 0 saturated heterocycles. The normalized spacial score (nSPS) is 18.0. The molecule has 2 aliphatic heterocycles. The predicted molar refractivity (Wildman–Crippen MR) is 122 cm³/mol. The zero-order valence-electron chi connectivity index (χ0n) is 19.1. The van der Waals surface area contributed by atoms with Crippen LogP contribution in [0.4, 0.5) is 4.39 Å². The van der Waals surface area contributed by atoms with Gasteiger partial charge in [0.2, 0.25) is 6.79 Å². The van der Waals surface area contributed by atoms with Crippen LogP contribution in [0, 0.1) is 11.7 Å². The van der Waals surface area contributed by atoms with Crippen molar-refractivity contribution in [2.75, 3.05) is 33.1 Å². The molecule has 1 N–H and O–H groups in total. The van der Waals surface area contributed by atoms with E-state index in [-0.39, 0.29) is 25.3 Å². The molecular weight excluding hydrogens is 427 g/mol. The first kappa shape index (κ1) is 23.5. The molecule has 2 unspecified atom stereocenters. The molecule has 0 spiro atoms. The van der Waals surface area contributed by atoms with Crippen LogP contribution in [-0.2, 0) is 16.1 Å². The molecule has 4 rings (SSSR count). The summed E-state index contributed by atoms with van der Waals surface area (Å²) in [5.74, 6) is 1.58. The maximum atomic E-state index is 13.3. The van der Waals surface area contributed by atoms with Crippen molar-refractivity contribution in [3.05, 3.63) is 59.4 Å². The Morgan fingerprint density at radius 1 is 1.12 bits per heavy atom. The Kier molecular flexibility index (Phi) is 7.80. The molecule has 8 heteroatoms. The molecular formula is C25H31FN2O5. The van der Waals surface area contributed by atoms with Gasteiger partial charge in [-0.15, -0.1) is 0 Å². The van der Waals surface area contributed by atoms with Gasteiger partial charge in [-0.25, -0.2) is 4.39 Å². The molecule has 0 fully saturated rings. The van der Waals surface area contributed by atoms with E-state index in [0.29, 0.717) is 44.3 Å². The van der Waals surface area contributed by atoms with Crippen LogP contribution in [-0.4, -0.2) is 61.0 Å². The van der Waals surface area contributed by atoms with Crippen molar-refractivity contribution in [1.82, 2.24) is 4.90 Å². The molecule has 178 valence electrons. The highest BCUT2D eigenvalue weighted by Gasteiger charge is 2.27. The van der Waals surface area contributed by atoms with E-state index in [0.717, 1.165) is 22.6 Å². The Bertz CT molecular complexity index is 950. The van der Waals surface area contributed by atoms with Crippen LogP contribution in [0.1, 0.15) is 31.4 Å². The average Bonchev–Trinajstić information content (AvgIpc) is 3.44. The number of aliphatic hydroxyl groups excluding tert-OH is 1. The largest absolute Gasteiger partial charge is 0.454 e. The average molecular weight is 459 g/mol. The minimum absolute atomic E-state index is 0.158. The lowest BCUT2D eigenvalue weighted by Crippen LogP contribution is -2.39. The third-order valence-corrected chi connectivity index (χ3v) is 5.45. The Labute approximate surface area is 193 Å². The zero-order valence-corrected chi connectivity index (χ0v) is 19.1. The summed E-state index contributed by atoms with van der Waals surface area (Å²) in [6.07, 6.45) is -0.158. The summed E-state index contributed by atoms with van der Waals surface area (Å²) < 4.78 is 29.8. The number of hydrogen-bond acceptors (Lipinski definition) is 7. The molecule has 0 radical (unpaired) electrons. The molecule has 7 nitrogen and oxygen atoms in total. The van der Waals surface area contributed by atoms with Gasteiger partial charge in [0.1, 0.15) is 11.9 Å². The molecule has 2 aliphatic rings. The van der Waals surface area contributed by atoms with E-state index in [2.05, 4.69) is 23.9 Å². The maximum absolute atomic E-state index is 13.3. The Morgan fingerprint density at radius 3 is 2.70 bits per heavy atom. The number of rotatable bonds is 11. The highest BCUT2D eigenvalue weighted by atomic mass is 19.1. The van der Waals surface area contributed by atoms with Crippen molar-refractivity contribution in [3.63, 3.8) is 0 Å². The van der Waals surface area contributed by atoms with Crippen LogP contribution in [0.25, 0.3) is 0 Å². The number of oxime groups is 1. The molecule has 2 aromatic rings. The molecule has 0 aliphatic carbocycles. The second-order valence-corrected chi connectivity index (χ2v) is 8.94. The summed E-state index contributed by atoms with van der Waals surface area (Å²) in [5, 5.41) is 14.8. The first-order valence-electron chi connectivity index (χ1n) is 11.3. The summed E-state index contributed by atoms with van der Waals surface area (Å²) >= 11 is 0. The van der Waals surface area contributed by atoms with Crippen molar-refractivity contribution >= 4 is 5.71 Å². The van der Waals surface area contributed by atoms with E-state index in [4.69, 9.17) is 19.0 Å². The van der Waals surface area contributed by atoms with E-state index < -0.39 is 6.10 Å². The number of halogens is 1. The van der Waals surface area contributed by atoms with Gasteiger partial charge in [-0.3, -0.25) is 4.90 Å². The van der Waals surface area contributed by atoms with Crippen LogP contribution in [0.15, 0.2) is 47.6 Å². The van der Waals surface area contributed by atoms with Gasteiger partial charge in [0, 0.05) is 38.2 Å². The monoisotopic (exact) mass is 458 g/mol. The van der Waals surface area contributed by atoms with Gasteiger partial charge < -0.3 is 24.2 Å². The fourth-order valence-corrected chi connectivity index (χ4v) is 3.90. The minimum Gasteiger partial charge on any atom is -0.454 e. The van der Waals surface area contributed by atoms with Crippen molar-refractivity contribution in [2.24, 2.45) is 11.1 Å². The van der Waals surface area contributed by atoms with Crippen molar-refractivity contribution in [2.45, 2.75) is 39.0 Å². The third-order valence-electron chi connectivity index (χ3n) is 5.45. The summed E-state index contributed by atoms with van der Waals surface area (Å²) in [6, 6.07) is 12.2. The van der Waals surface area contributed by atoms with E-state index in [1.807, 2.05) is 18.2 Å². The van der Waals surface area contributed by atoms with Crippen LogP contribution >= 0.6 is 0 Å². The quantitative estimate of drug-likeness (QED) is 0.555. The standard InChI is InChI=1S/C25H31FN2O5/c1-17(2)14-30-15-21(29)12-28(11-18-3-6-20(26)7-4-18)13-22-10-23(27-33-22)19-5-8-24-25(9-19)32-16-31-24/h3-9,17,21-22,29H,10-16H2,1-2H3. The second-order valence-electron chi connectivity index (χ2n) is 8.94. The molecule has 2 atom stereocenters. The van der Waals surface area contributed by atoms with Gasteiger partial charge in [0.15, 0.2) is 11.5 Å². The number of ether oxygens (including phenoxy) is 3. The highest BCUT2D eigenvalue weighted by molar-refractivity contribution is 6.01. The molecule has 0 amide bonds. The summed E-state index contributed by atoms with van der Waals surface area (Å²) in [7, 11) is 0. The summed E-state index contributed by atoms with van der Waals surface area (Å²) in [4.78, 5) is 7.82. The molecule has 0 bridgehead atoms. The number of benzene rings is 2. The molecule has 2 aromatic carbocycles. The van der Waals surface area contributed by atoms with E-state index >= 15 is 0 Å². The maximum Gasteiger partial charge on any atom is 0.231 e. The number of nitrogens with zero attached hydrogens (tertiary/aromatic N) is 2. The van der Waals surface area contributed by atoms with E-state index in [1.165, 1.54) is 12.1 Å². The smallest absolute Gasteiger partial charge is 0.231 e. The molecule has 0 saturated carbocycles. The summed E-state index contributed by atoms with van der Waals surface area (Å²) in [6.45, 7) is 6.78. The van der Waals surface area contributed by atoms with Crippen LogP contribution in [0.2, 0.25) is 0 Å². The predicted octanol–water partition coefficient (Wildman–Crippen LogP) is 3.58. The van der Waals surface area contributed by atoms with Gasteiger partial charge in [0.05, 0.1) is 18.4 Å². The topological polar surface area (TPSA) is 72.8 Å². The first-order chi connectivity index (χ1) is 16.0.